The van der Waals surface area contributed by atoms with Crippen LogP contribution in [0.25, 0.3) is 10.9 Å². The zero-order valence-electron chi connectivity index (χ0n) is 20.5. The lowest BCUT2D eigenvalue weighted by molar-refractivity contribution is -0.170. The highest BCUT2D eigenvalue weighted by molar-refractivity contribution is 5.88. The number of hydrogen-bond donors (Lipinski definition) is 5. The maximum Gasteiger partial charge on any atom is 0.336 e. The highest BCUT2D eigenvalue weighted by Crippen LogP contribution is 2.42. The van der Waals surface area contributed by atoms with Crippen LogP contribution in [0.3, 0.4) is 0 Å². The van der Waals surface area contributed by atoms with Crippen molar-refractivity contribution in [1.29, 1.82) is 0 Å². The van der Waals surface area contributed by atoms with E-state index in [4.69, 9.17) is 25.2 Å². The van der Waals surface area contributed by atoms with Crippen LogP contribution in [-0.2, 0) is 14.4 Å². The van der Waals surface area contributed by atoms with Crippen molar-refractivity contribution >= 4 is 28.8 Å². The summed E-state index contributed by atoms with van der Waals surface area (Å²) in [6.07, 6.45) is 3.33. The summed E-state index contributed by atoms with van der Waals surface area (Å²) in [4.78, 5) is 37.3. The molecule has 200 valence electrons. The number of aliphatic hydroxyl groups is 2. The van der Waals surface area contributed by atoms with Gasteiger partial charge in [-0.25, -0.2) is 4.79 Å². The van der Waals surface area contributed by atoms with Crippen molar-refractivity contribution in [3.63, 3.8) is 0 Å². The number of pyridine rings is 1. The minimum Gasteiger partial charge on any atom is -0.497 e. The minimum atomic E-state index is -2.74. The van der Waals surface area contributed by atoms with E-state index in [1.54, 1.807) is 13.3 Å². The molecule has 5 N–H and O–H groups in total. The topological polar surface area (TPSA) is 178 Å². The van der Waals surface area contributed by atoms with Crippen molar-refractivity contribution in [3.8, 4) is 5.75 Å². The van der Waals surface area contributed by atoms with Gasteiger partial charge in [0.25, 0.3) is 0 Å². The molecule has 3 fully saturated rings. The van der Waals surface area contributed by atoms with Gasteiger partial charge in [0.15, 0.2) is 5.60 Å². The van der Waals surface area contributed by atoms with E-state index in [1.807, 2.05) is 24.3 Å². The summed E-state index contributed by atoms with van der Waals surface area (Å²) in [5.41, 5.74) is -0.892. The normalized spacial score (nSPS) is 23.4. The number of carboxylic acids is 3. The largest absolute Gasteiger partial charge is 0.497 e. The average Bonchev–Trinajstić information content (AvgIpc) is 2.87. The first-order valence-electron chi connectivity index (χ1n) is 11.9. The van der Waals surface area contributed by atoms with E-state index in [2.05, 4.69) is 22.5 Å². The number of hydrogen-bond acceptors (Lipinski definition) is 8. The number of fused-ring (bicyclic) bond motifs is 4. The summed E-state index contributed by atoms with van der Waals surface area (Å²) in [6.45, 7) is 6.07. The van der Waals surface area contributed by atoms with E-state index in [1.165, 1.54) is 6.42 Å². The smallest absolute Gasteiger partial charge is 0.336 e. The van der Waals surface area contributed by atoms with Crippen LogP contribution < -0.4 is 4.74 Å². The van der Waals surface area contributed by atoms with Gasteiger partial charge in [0.1, 0.15) is 5.75 Å². The number of nitrogens with zero attached hydrogens (tertiary/aromatic N) is 2. The predicted molar refractivity (Wildman–Crippen MR) is 132 cm³/mol. The van der Waals surface area contributed by atoms with Gasteiger partial charge in [-0.1, -0.05) is 6.08 Å². The average molecular weight is 517 g/mol. The van der Waals surface area contributed by atoms with Crippen molar-refractivity contribution in [2.45, 2.75) is 43.4 Å². The fourth-order valence-electron chi connectivity index (χ4n) is 5.16. The first kappa shape index (κ1) is 28.0. The third-order valence-corrected chi connectivity index (χ3v) is 7.10. The standard InChI is InChI=1S/C20H24N2O2.C6H8O7/c1-3-13-12-22-9-7-14(13)10-19(22)20(23)16-6-8-21-18-5-4-15(24-2)11-17(16)18;7-3(8)1-6(13,5(11)12)2-4(9)10/h3-6,8,11,13-14,19-20,23H,1,7,9-10,12H2,2H3;13H,1-2H2,(H,7,8)(H,9,10)(H,11,12)/t13-,14?,19-,20-;/m1./s1. The molecule has 1 aromatic carbocycles. The molecule has 1 aromatic heterocycles. The number of rotatable bonds is 9. The molecular weight excluding hydrogens is 484 g/mol. The van der Waals surface area contributed by atoms with Crippen molar-refractivity contribution in [2.24, 2.45) is 11.8 Å². The zero-order valence-corrected chi connectivity index (χ0v) is 20.5. The second-order valence-corrected chi connectivity index (χ2v) is 9.45. The fourth-order valence-corrected chi connectivity index (χ4v) is 5.16. The second-order valence-electron chi connectivity index (χ2n) is 9.45. The van der Waals surface area contributed by atoms with E-state index in [-0.39, 0.29) is 6.04 Å². The summed E-state index contributed by atoms with van der Waals surface area (Å²) in [7, 11) is 1.66. The molecular formula is C26H32N2O9. The van der Waals surface area contributed by atoms with E-state index in [0.29, 0.717) is 11.8 Å². The van der Waals surface area contributed by atoms with Crippen molar-refractivity contribution in [1.82, 2.24) is 9.88 Å². The molecule has 37 heavy (non-hydrogen) atoms. The molecule has 2 aromatic rings. The van der Waals surface area contributed by atoms with Gasteiger partial charge >= 0.3 is 17.9 Å². The molecule has 0 amide bonds. The number of ether oxygens (including phenoxy) is 1. The predicted octanol–water partition coefficient (Wildman–Crippen LogP) is 1.92. The first-order valence-corrected chi connectivity index (χ1v) is 11.9. The van der Waals surface area contributed by atoms with Crippen LogP contribution >= 0.6 is 0 Å². The summed E-state index contributed by atoms with van der Waals surface area (Å²) in [5, 5.41) is 45.9. The molecule has 0 saturated carbocycles. The van der Waals surface area contributed by atoms with Crippen LogP contribution in [0.1, 0.15) is 37.4 Å². The molecule has 0 radical (unpaired) electrons. The van der Waals surface area contributed by atoms with Crippen LogP contribution in [0.15, 0.2) is 43.1 Å². The zero-order chi connectivity index (χ0) is 27.3. The Morgan fingerprint density at radius 3 is 2.41 bits per heavy atom. The summed E-state index contributed by atoms with van der Waals surface area (Å²) < 4.78 is 5.35. The Bertz CT molecular complexity index is 1150. The van der Waals surface area contributed by atoms with E-state index in [9.17, 15) is 19.5 Å². The van der Waals surface area contributed by atoms with Gasteiger partial charge in [-0.05, 0) is 61.1 Å². The second kappa shape index (κ2) is 11.7. The quantitative estimate of drug-likeness (QED) is 0.308. The SMILES string of the molecule is C=C[C@@H]1CN2CCC1C[C@@H]2[C@H](O)c1ccnc2ccc(OC)cc12.O=C(O)CC(O)(CC(=O)O)C(=O)O. The lowest BCUT2D eigenvalue weighted by Crippen LogP contribution is -2.54. The van der Waals surface area contributed by atoms with Gasteiger partial charge in [-0.15, -0.1) is 6.58 Å². The summed E-state index contributed by atoms with van der Waals surface area (Å²) in [6, 6.07) is 7.96. The highest BCUT2D eigenvalue weighted by Gasteiger charge is 2.42. The van der Waals surface area contributed by atoms with Crippen LogP contribution in [-0.4, -0.2) is 85.2 Å². The molecule has 2 bridgehead atoms. The molecule has 3 saturated heterocycles. The molecule has 2 unspecified atom stereocenters. The highest BCUT2D eigenvalue weighted by atomic mass is 16.5. The number of benzene rings is 1. The Kier molecular flexibility index (Phi) is 8.85. The van der Waals surface area contributed by atoms with Gasteiger partial charge in [-0.2, -0.15) is 0 Å². The monoisotopic (exact) mass is 516 g/mol. The fraction of sp³-hybridized carbons (Fsp3) is 0.462. The van der Waals surface area contributed by atoms with Gasteiger partial charge in [0, 0.05) is 24.2 Å². The number of carbonyl (C=O) groups is 3. The van der Waals surface area contributed by atoms with E-state index >= 15 is 0 Å². The molecule has 4 heterocycles. The lowest BCUT2D eigenvalue weighted by Gasteiger charge is -2.50. The number of carboxylic acid groups (broad SMARTS) is 3. The van der Waals surface area contributed by atoms with E-state index < -0.39 is 42.5 Å². The summed E-state index contributed by atoms with van der Waals surface area (Å²) in [5.74, 6) is -3.01. The Hall–Kier alpha value is -3.54. The number of piperidine rings is 3. The minimum absolute atomic E-state index is 0.178. The molecule has 3 aliphatic rings. The molecule has 5 atom stereocenters. The molecule has 0 aliphatic carbocycles. The first-order chi connectivity index (χ1) is 17.5. The Morgan fingerprint density at radius 2 is 1.89 bits per heavy atom. The maximum absolute atomic E-state index is 11.2. The lowest BCUT2D eigenvalue weighted by atomic mass is 9.73. The van der Waals surface area contributed by atoms with E-state index in [0.717, 1.165) is 41.7 Å². The van der Waals surface area contributed by atoms with Crippen molar-refractivity contribution in [2.75, 3.05) is 20.2 Å². The number of aliphatic hydroxyl groups excluding tert-OH is 1. The summed E-state index contributed by atoms with van der Waals surface area (Å²) >= 11 is 0. The van der Waals surface area contributed by atoms with Crippen molar-refractivity contribution < 1.29 is 44.7 Å². The maximum atomic E-state index is 11.2. The Labute approximate surface area is 213 Å². The van der Waals surface area contributed by atoms with Crippen LogP contribution in [0.5, 0.6) is 5.75 Å². The molecule has 3 aliphatic heterocycles. The van der Waals surface area contributed by atoms with Crippen LogP contribution in [0, 0.1) is 11.8 Å². The third-order valence-electron chi connectivity index (χ3n) is 7.10. The molecule has 11 nitrogen and oxygen atoms in total. The van der Waals surface area contributed by atoms with Crippen molar-refractivity contribution in [3.05, 3.63) is 48.7 Å². The number of methoxy groups -OCH3 is 1. The molecule has 11 heteroatoms. The van der Waals surface area contributed by atoms with Gasteiger partial charge in [-0.3, -0.25) is 19.5 Å². The molecule has 5 rings (SSSR count). The number of aromatic nitrogens is 1. The Balaban J connectivity index is 0.000000251. The van der Waals surface area contributed by atoms with Gasteiger partial charge in [0.2, 0.25) is 0 Å². The van der Waals surface area contributed by atoms with Gasteiger partial charge in [0.05, 0.1) is 31.6 Å². The van der Waals surface area contributed by atoms with Gasteiger partial charge < -0.3 is 30.3 Å². The third kappa shape index (κ3) is 6.43. The van der Waals surface area contributed by atoms with Crippen LogP contribution in [0.2, 0.25) is 0 Å². The Morgan fingerprint density at radius 1 is 1.22 bits per heavy atom. The number of aliphatic carboxylic acids is 3. The molecule has 0 spiro atoms. The van der Waals surface area contributed by atoms with Crippen LogP contribution in [0.4, 0.5) is 0 Å².